The Morgan fingerprint density at radius 3 is 2.74 bits per heavy atom. The number of hydrogen-bond acceptors (Lipinski definition) is 6. The second-order valence-corrected chi connectivity index (χ2v) is 6.63. The number of hydrogen-bond donors (Lipinski definition) is 0. The van der Waals surface area contributed by atoms with E-state index < -0.39 is 0 Å². The summed E-state index contributed by atoms with van der Waals surface area (Å²) < 4.78 is 6.69. The molecule has 0 saturated carbocycles. The Bertz CT molecular complexity index is 580. The molecule has 0 aliphatic rings. The average molecular weight is 425 g/mol. The number of carbonyl (C=O) groups excluding carboxylic acids is 1. The van der Waals surface area contributed by atoms with Crippen molar-refractivity contribution in [2.75, 3.05) is 6.61 Å². The van der Waals surface area contributed by atoms with E-state index in [9.17, 15) is 4.79 Å². The lowest BCUT2D eigenvalue weighted by molar-refractivity contribution is 0.181. The zero-order valence-corrected chi connectivity index (χ0v) is 14.8. The Morgan fingerprint density at radius 2 is 2.05 bits per heavy atom. The van der Waals surface area contributed by atoms with Crippen molar-refractivity contribution in [3.63, 3.8) is 0 Å². The maximum absolute atomic E-state index is 11.3. The quantitative estimate of drug-likeness (QED) is 0.304. The van der Waals surface area contributed by atoms with Crippen molar-refractivity contribution in [3.05, 3.63) is 41.1 Å². The van der Waals surface area contributed by atoms with Crippen molar-refractivity contribution in [1.29, 1.82) is 0 Å². The highest BCUT2D eigenvalue weighted by Gasteiger charge is 2.06. The van der Waals surface area contributed by atoms with Crippen LogP contribution in [0.4, 0.5) is 10.5 Å². The lowest BCUT2D eigenvalue weighted by atomic mass is 10.3. The van der Waals surface area contributed by atoms with Gasteiger partial charge in [-0.2, -0.15) is 0 Å². The van der Waals surface area contributed by atoms with E-state index in [1.54, 1.807) is 17.3 Å². The molecule has 2 aromatic rings. The van der Waals surface area contributed by atoms with Crippen LogP contribution in [0, 0.1) is 0 Å². The Kier molecular flexibility index (Phi) is 7.66. The third kappa shape index (κ3) is 5.64. The number of para-hydroxylation sites is 1. The van der Waals surface area contributed by atoms with Gasteiger partial charge in [-0.1, -0.05) is 38.9 Å². The molecule has 0 N–H and O–H groups in total. The molecule has 1 aromatic heterocycles. The number of halogens is 1. The third-order valence-corrected chi connectivity index (χ3v) is 5.36. The Morgan fingerprint density at radius 1 is 1.32 bits per heavy atom. The van der Waals surface area contributed by atoms with Crippen molar-refractivity contribution in [1.82, 2.24) is 0 Å². The van der Waals surface area contributed by atoms with Crippen molar-refractivity contribution in [2.45, 2.75) is 11.1 Å². The van der Waals surface area contributed by atoms with Crippen LogP contribution in [0.2, 0.25) is 0 Å². The molecule has 2 rings (SSSR count). The fourth-order valence-corrected chi connectivity index (χ4v) is 4.34. The number of thioether (sulfide) groups is 1. The van der Waals surface area contributed by atoms with E-state index in [0.717, 1.165) is 26.3 Å². The molecule has 0 spiro atoms. The molecule has 0 amide bonds. The Balaban J connectivity index is 0.00000180. The van der Waals surface area contributed by atoms with Gasteiger partial charge in [0.1, 0.15) is 4.67 Å². The number of rotatable bonds is 3. The first kappa shape index (κ1) is 16.7. The lowest BCUT2D eigenvalue weighted by Crippen LogP contribution is -1.95. The van der Waals surface area contributed by atoms with Gasteiger partial charge in [-0.15, -0.1) is 24.0 Å². The van der Waals surface area contributed by atoms with Gasteiger partial charge in [0.2, 0.25) is 0 Å². The summed E-state index contributed by atoms with van der Waals surface area (Å²) in [7, 11) is 3.08. The SMILES string of the molecule is CCOC(=O)Sc1cc(=Nc2ccccc2)ss1.I. The monoisotopic (exact) mass is 425 g/mol. The molecule has 1 heterocycles. The van der Waals surface area contributed by atoms with Crippen LogP contribution in [0.1, 0.15) is 6.92 Å². The van der Waals surface area contributed by atoms with Crippen molar-refractivity contribution in [2.24, 2.45) is 4.99 Å². The van der Waals surface area contributed by atoms with Crippen molar-refractivity contribution >= 4 is 67.4 Å². The normalized spacial score (nSPS) is 10.9. The van der Waals surface area contributed by atoms with Crippen LogP contribution in [-0.4, -0.2) is 11.9 Å². The molecule has 1 aromatic carbocycles. The summed E-state index contributed by atoms with van der Waals surface area (Å²) in [5, 5.41) is -0.266. The molecule has 0 radical (unpaired) electrons. The van der Waals surface area contributed by atoms with Crippen LogP contribution in [-0.2, 0) is 4.74 Å². The van der Waals surface area contributed by atoms with Gasteiger partial charge >= 0.3 is 5.30 Å². The molecule has 0 aliphatic heterocycles. The second kappa shape index (κ2) is 8.72. The maximum atomic E-state index is 11.3. The molecule has 7 heteroatoms. The first-order chi connectivity index (χ1) is 8.78. The highest BCUT2D eigenvalue weighted by molar-refractivity contribution is 14.0. The highest BCUT2D eigenvalue weighted by Crippen LogP contribution is 2.26. The number of ether oxygens (including phenoxy) is 1. The van der Waals surface area contributed by atoms with E-state index in [1.165, 1.54) is 10.3 Å². The lowest BCUT2D eigenvalue weighted by Gasteiger charge is -1.96. The van der Waals surface area contributed by atoms with Gasteiger partial charge in [-0.3, -0.25) is 0 Å². The van der Waals surface area contributed by atoms with E-state index in [-0.39, 0.29) is 29.3 Å². The highest BCUT2D eigenvalue weighted by atomic mass is 127. The van der Waals surface area contributed by atoms with Crippen molar-refractivity contribution < 1.29 is 9.53 Å². The molecule has 0 bridgehead atoms. The molecule has 0 atom stereocenters. The minimum atomic E-state index is -0.266. The van der Waals surface area contributed by atoms with Crippen LogP contribution in [0.25, 0.3) is 0 Å². The van der Waals surface area contributed by atoms with Gasteiger partial charge < -0.3 is 4.74 Å². The number of carbonyl (C=O) groups is 1. The maximum Gasteiger partial charge on any atom is 0.372 e. The first-order valence-corrected chi connectivity index (χ1v) is 8.29. The molecule has 102 valence electrons. The van der Waals surface area contributed by atoms with Crippen LogP contribution in [0.3, 0.4) is 0 Å². The molecule has 0 aliphatic carbocycles. The zero-order chi connectivity index (χ0) is 12.8. The van der Waals surface area contributed by atoms with Crippen LogP contribution in [0.15, 0.2) is 45.6 Å². The largest absolute Gasteiger partial charge is 0.458 e. The first-order valence-electron chi connectivity index (χ1n) is 5.32. The summed E-state index contributed by atoms with van der Waals surface area (Å²) in [5.74, 6) is 0. The third-order valence-electron chi connectivity index (χ3n) is 1.89. The van der Waals surface area contributed by atoms with Gasteiger partial charge in [0.25, 0.3) is 0 Å². The minimum absolute atomic E-state index is 0. The molecule has 19 heavy (non-hydrogen) atoms. The summed E-state index contributed by atoms with van der Waals surface area (Å²) in [4.78, 5) is 15.8. The van der Waals surface area contributed by atoms with E-state index in [4.69, 9.17) is 4.74 Å². The van der Waals surface area contributed by atoms with Gasteiger partial charge in [-0.25, -0.2) is 9.79 Å². The van der Waals surface area contributed by atoms with Crippen LogP contribution in [0.5, 0.6) is 0 Å². The molecule has 3 nitrogen and oxygen atoms in total. The topological polar surface area (TPSA) is 38.7 Å². The van der Waals surface area contributed by atoms with Crippen molar-refractivity contribution in [3.8, 4) is 0 Å². The standard InChI is InChI=1S/C12H11NO2S3.HI/c1-2-15-12(14)16-11-8-10(17-18-11)13-9-6-4-3-5-7-9;/h3-8H,2H2,1H3;1H. The van der Waals surface area contributed by atoms with E-state index in [0.29, 0.717) is 6.61 Å². The molecule has 0 unspecified atom stereocenters. The second-order valence-electron chi connectivity index (χ2n) is 3.20. The number of benzene rings is 1. The Hall–Kier alpha value is -0.380. The van der Waals surface area contributed by atoms with Crippen LogP contribution >= 0.6 is 56.4 Å². The zero-order valence-electron chi connectivity index (χ0n) is 10.1. The molecule has 0 fully saturated rings. The van der Waals surface area contributed by atoms with Gasteiger partial charge in [0, 0.05) is 11.8 Å². The summed E-state index contributed by atoms with van der Waals surface area (Å²) in [6.45, 7) is 2.20. The predicted octanol–water partition coefficient (Wildman–Crippen LogP) is 4.91. The average Bonchev–Trinajstić information content (AvgIpc) is 2.78. The summed E-state index contributed by atoms with van der Waals surface area (Å²) in [6, 6.07) is 11.7. The fourth-order valence-electron chi connectivity index (χ4n) is 1.19. The molecular formula is C12H12INO2S3. The molecule has 0 saturated heterocycles. The smallest absolute Gasteiger partial charge is 0.372 e. The molecular weight excluding hydrogens is 413 g/mol. The predicted molar refractivity (Wildman–Crippen MR) is 92.2 cm³/mol. The van der Waals surface area contributed by atoms with Gasteiger partial charge in [0.15, 0.2) is 0 Å². The summed E-state index contributed by atoms with van der Waals surface area (Å²) >= 11 is 1.11. The van der Waals surface area contributed by atoms with E-state index in [1.807, 2.05) is 36.4 Å². The fraction of sp³-hybridized carbons (Fsp3) is 0.167. The minimum Gasteiger partial charge on any atom is -0.458 e. The summed E-state index contributed by atoms with van der Waals surface area (Å²) in [5.41, 5.74) is 0.916. The van der Waals surface area contributed by atoms with Gasteiger partial charge in [-0.05, 0) is 25.1 Å². The van der Waals surface area contributed by atoms with Crippen LogP contribution < -0.4 is 4.67 Å². The van der Waals surface area contributed by atoms with E-state index >= 15 is 0 Å². The summed E-state index contributed by atoms with van der Waals surface area (Å²) in [6.07, 6.45) is 0. The number of nitrogens with zero attached hydrogens (tertiary/aromatic N) is 1. The van der Waals surface area contributed by atoms with Gasteiger partial charge in [0.05, 0.1) is 16.5 Å². The van der Waals surface area contributed by atoms with E-state index in [2.05, 4.69) is 4.99 Å². The Labute approximate surface area is 140 Å².